The molecule has 3 rings (SSSR count). The lowest BCUT2D eigenvalue weighted by Gasteiger charge is -2.20. The maximum absolute atomic E-state index is 11.9. The van der Waals surface area contributed by atoms with E-state index in [1.165, 1.54) is 19.2 Å². The summed E-state index contributed by atoms with van der Waals surface area (Å²) in [7, 11) is -2.57. The molecule has 0 amide bonds. The molecule has 0 aliphatic carbocycles. The van der Waals surface area contributed by atoms with Crippen molar-refractivity contribution >= 4 is 33.2 Å². The van der Waals surface area contributed by atoms with Crippen LogP contribution in [-0.4, -0.2) is 43.7 Å². The maximum atomic E-state index is 11.9. The standard InChI is InChI=1S/C19H21N5O5S2/c1-4-23(5-2)14-8-6-13(7-9-14)18-21-22-19(29-18)30-17-11-10-15(31(27,28)20-3)12-16(17)24(25)26/h6-12,20H,4-5H2,1-3H3. The quantitative estimate of drug-likeness (QED) is 0.374. The van der Waals surface area contributed by atoms with Crippen LogP contribution in [0.4, 0.5) is 11.4 Å². The third-order valence-corrected chi connectivity index (χ3v) is 6.87. The number of sulfonamides is 1. The predicted octanol–water partition coefficient (Wildman–Crippen LogP) is 3.55. The summed E-state index contributed by atoms with van der Waals surface area (Å²) in [5.74, 6) is 0.283. The smallest absolute Gasteiger partial charge is 0.284 e. The fraction of sp³-hybridized carbons (Fsp3) is 0.263. The van der Waals surface area contributed by atoms with E-state index in [4.69, 9.17) is 4.42 Å². The lowest BCUT2D eigenvalue weighted by molar-refractivity contribution is -0.388. The Morgan fingerprint density at radius 2 is 1.81 bits per heavy atom. The number of anilines is 1. The van der Waals surface area contributed by atoms with Crippen molar-refractivity contribution in [1.29, 1.82) is 0 Å². The van der Waals surface area contributed by atoms with Gasteiger partial charge in [-0.05, 0) is 69.1 Å². The Bertz CT molecular complexity index is 1170. The Morgan fingerprint density at radius 1 is 1.13 bits per heavy atom. The van der Waals surface area contributed by atoms with Gasteiger partial charge < -0.3 is 9.32 Å². The first kappa shape index (κ1) is 22.7. The van der Waals surface area contributed by atoms with E-state index in [1.807, 2.05) is 24.3 Å². The number of nitrogens with zero attached hydrogens (tertiary/aromatic N) is 4. The summed E-state index contributed by atoms with van der Waals surface area (Å²) in [6.45, 7) is 5.95. The van der Waals surface area contributed by atoms with Gasteiger partial charge >= 0.3 is 0 Å². The van der Waals surface area contributed by atoms with Crippen LogP contribution in [0.15, 0.2) is 61.9 Å². The van der Waals surface area contributed by atoms with E-state index in [9.17, 15) is 18.5 Å². The van der Waals surface area contributed by atoms with Crippen molar-refractivity contribution in [3.63, 3.8) is 0 Å². The van der Waals surface area contributed by atoms with Crippen molar-refractivity contribution in [2.45, 2.75) is 28.9 Å². The highest BCUT2D eigenvalue weighted by Gasteiger charge is 2.23. The third-order valence-electron chi connectivity index (χ3n) is 4.55. The largest absolute Gasteiger partial charge is 0.411 e. The van der Waals surface area contributed by atoms with Crippen LogP contribution < -0.4 is 9.62 Å². The number of nitro groups is 1. The van der Waals surface area contributed by atoms with Crippen LogP contribution in [0.5, 0.6) is 0 Å². The van der Waals surface area contributed by atoms with Crippen LogP contribution in [0.25, 0.3) is 11.5 Å². The molecule has 0 bridgehead atoms. The van der Waals surface area contributed by atoms with Crippen molar-refractivity contribution in [3.05, 3.63) is 52.6 Å². The van der Waals surface area contributed by atoms with Gasteiger partial charge in [-0.3, -0.25) is 10.1 Å². The molecule has 0 saturated carbocycles. The first-order valence-electron chi connectivity index (χ1n) is 9.37. The van der Waals surface area contributed by atoms with Crippen LogP contribution in [0, 0.1) is 10.1 Å². The summed E-state index contributed by atoms with van der Waals surface area (Å²) < 4.78 is 31.6. The van der Waals surface area contributed by atoms with Gasteiger partial charge in [-0.2, -0.15) is 0 Å². The van der Waals surface area contributed by atoms with Gasteiger partial charge in [0.25, 0.3) is 10.9 Å². The summed E-state index contributed by atoms with van der Waals surface area (Å²) in [4.78, 5) is 13.0. The van der Waals surface area contributed by atoms with Gasteiger partial charge in [0.05, 0.1) is 14.7 Å². The number of aromatic nitrogens is 2. The zero-order valence-electron chi connectivity index (χ0n) is 17.1. The highest BCUT2D eigenvalue weighted by Crippen LogP contribution is 2.36. The molecule has 3 aromatic rings. The van der Waals surface area contributed by atoms with Crippen molar-refractivity contribution in [2.24, 2.45) is 0 Å². The molecule has 31 heavy (non-hydrogen) atoms. The van der Waals surface area contributed by atoms with Gasteiger partial charge in [0.15, 0.2) is 0 Å². The van der Waals surface area contributed by atoms with Gasteiger partial charge in [0, 0.05) is 30.4 Å². The molecule has 0 saturated heterocycles. The number of nitro benzene ring substituents is 1. The average molecular weight is 464 g/mol. The fourth-order valence-corrected chi connectivity index (χ4v) is 4.39. The van der Waals surface area contributed by atoms with Crippen LogP contribution in [0.3, 0.4) is 0 Å². The summed E-state index contributed by atoms with van der Waals surface area (Å²) >= 11 is 0.895. The topological polar surface area (TPSA) is 131 Å². The first-order valence-corrected chi connectivity index (χ1v) is 11.7. The minimum Gasteiger partial charge on any atom is -0.411 e. The Kier molecular flexibility index (Phi) is 6.93. The molecule has 0 aliphatic rings. The van der Waals surface area contributed by atoms with Gasteiger partial charge in [-0.25, -0.2) is 13.1 Å². The Labute approximate surface area is 183 Å². The Hall–Kier alpha value is -2.96. The molecule has 1 aromatic heterocycles. The molecule has 164 valence electrons. The Morgan fingerprint density at radius 3 is 2.39 bits per heavy atom. The van der Waals surface area contributed by atoms with Gasteiger partial charge in [-0.1, -0.05) is 0 Å². The highest BCUT2D eigenvalue weighted by atomic mass is 32.2. The number of benzene rings is 2. The van der Waals surface area contributed by atoms with Crippen molar-refractivity contribution in [2.75, 3.05) is 25.0 Å². The summed E-state index contributed by atoms with van der Waals surface area (Å²) in [6.07, 6.45) is 0. The predicted molar refractivity (Wildman–Crippen MR) is 117 cm³/mol. The second-order valence-corrected chi connectivity index (χ2v) is 9.17. The SMILES string of the molecule is CCN(CC)c1ccc(-c2nnc(Sc3ccc(S(=O)(=O)NC)cc3[N+](=O)[O-])o2)cc1. The van der Waals surface area contributed by atoms with Crippen molar-refractivity contribution in [1.82, 2.24) is 14.9 Å². The van der Waals surface area contributed by atoms with Crippen LogP contribution >= 0.6 is 11.8 Å². The van der Waals surface area contributed by atoms with Crippen LogP contribution in [0.1, 0.15) is 13.8 Å². The van der Waals surface area contributed by atoms with Gasteiger partial charge in [0.1, 0.15) is 0 Å². The molecule has 0 unspecified atom stereocenters. The summed E-state index contributed by atoms with van der Waals surface area (Å²) in [6, 6.07) is 11.3. The maximum Gasteiger partial charge on any atom is 0.284 e. The van der Waals surface area contributed by atoms with Crippen molar-refractivity contribution in [3.8, 4) is 11.5 Å². The van der Waals surface area contributed by atoms with E-state index in [1.54, 1.807) is 0 Å². The Balaban J connectivity index is 1.85. The van der Waals surface area contributed by atoms with E-state index in [0.29, 0.717) is 0 Å². The number of nitrogens with one attached hydrogen (secondary N) is 1. The molecule has 2 aromatic carbocycles. The molecule has 0 aliphatic heterocycles. The van der Waals surface area contributed by atoms with Crippen LogP contribution in [-0.2, 0) is 10.0 Å². The molecule has 12 heteroatoms. The number of rotatable bonds is 9. The van der Waals surface area contributed by atoms with E-state index < -0.39 is 14.9 Å². The molecule has 0 spiro atoms. The zero-order chi connectivity index (χ0) is 22.6. The highest BCUT2D eigenvalue weighted by molar-refractivity contribution is 7.99. The van der Waals surface area contributed by atoms with Crippen molar-refractivity contribution < 1.29 is 17.8 Å². The van der Waals surface area contributed by atoms with Gasteiger partial charge in [0.2, 0.25) is 15.9 Å². The molecule has 0 fully saturated rings. The van der Waals surface area contributed by atoms with E-state index in [0.717, 1.165) is 42.2 Å². The molecule has 0 radical (unpaired) electrons. The summed E-state index contributed by atoms with van der Waals surface area (Å²) in [5.41, 5.74) is 1.43. The van der Waals surface area contributed by atoms with Gasteiger partial charge in [-0.15, -0.1) is 10.2 Å². The van der Waals surface area contributed by atoms with E-state index in [-0.39, 0.29) is 26.6 Å². The minimum atomic E-state index is -3.81. The van der Waals surface area contributed by atoms with E-state index in [2.05, 4.69) is 33.7 Å². The number of hydrogen-bond acceptors (Lipinski definition) is 9. The second kappa shape index (κ2) is 9.45. The normalized spacial score (nSPS) is 11.5. The molecule has 1 N–H and O–H groups in total. The third kappa shape index (κ3) is 5.03. The molecular formula is C19H21N5O5S2. The minimum absolute atomic E-state index is 0.107. The molecule has 1 heterocycles. The number of hydrogen-bond donors (Lipinski definition) is 1. The summed E-state index contributed by atoms with van der Waals surface area (Å²) in [5, 5.41) is 19.5. The fourth-order valence-electron chi connectivity index (χ4n) is 2.88. The lowest BCUT2D eigenvalue weighted by Crippen LogP contribution is -2.21. The molecule has 0 atom stereocenters. The average Bonchev–Trinajstić information content (AvgIpc) is 3.23. The molecule has 10 nitrogen and oxygen atoms in total. The van der Waals surface area contributed by atoms with Crippen LogP contribution in [0.2, 0.25) is 0 Å². The monoisotopic (exact) mass is 463 g/mol. The van der Waals surface area contributed by atoms with E-state index >= 15 is 0 Å². The molecular weight excluding hydrogens is 442 g/mol. The first-order chi connectivity index (χ1) is 14.8. The lowest BCUT2D eigenvalue weighted by atomic mass is 10.2. The zero-order valence-corrected chi connectivity index (χ0v) is 18.7. The second-order valence-electron chi connectivity index (χ2n) is 6.29.